The molecule has 5 nitrogen and oxygen atoms in total. The van der Waals surface area contributed by atoms with E-state index < -0.39 is 18.0 Å². The summed E-state index contributed by atoms with van der Waals surface area (Å²) in [5.41, 5.74) is 1.29. The Morgan fingerprint density at radius 3 is 2.67 bits per heavy atom. The Balaban J connectivity index is 2.70. The first-order valence-corrected chi connectivity index (χ1v) is 5.89. The Kier molecular flexibility index (Phi) is 4.97. The quantitative estimate of drug-likeness (QED) is 0.787. The van der Waals surface area contributed by atoms with Gasteiger partial charge in [-0.1, -0.05) is 30.7 Å². The summed E-state index contributed by atoms with van der Waals surface area (Å²) in [4.78, 5) is 22.4. The first-order valence-electron chi connectivity index (χ1n) is 5.51. The summed E-state index contributed by atoms with van der Waals surface area (Å²) in [7, 11) is 0. The molecule has 3 N–H and O–H groups in total. The Morgan fingerprint density at radius 1 is 1.44 bits per heavy atom. The van der Waals surface area contributed by atoms with Gasteiger partial charge < -0.3 is 15.7 Å². The fraction of sp³-hybridized carbons (Fsp3) is 0.333. The van der Waals surface area contributed by atoms with E-state index >= 15 is 0 Å². The molecule has 1 unspecified atom stereocenters. The Hall–Kier alpha value is -1.75. The van der Waals surface area contributed by atoms with Crippen LogP contribution in [0, 0.1) is 6.92 Å². The molecule has 0 heterocycles. The second kappa shape index (κ2) is 6.26. The maximum absolute atomic E-state index is 11.6. The maximum atomic E-state index is 11.6. The van der Waals surface area contributed by atoms with Gasteiger partial charge in [0.2, 0.25) is 0 Å². The summed E-state index contributed by atoms with van der Waals surface area (Å²) >= 11 is 6.01. The third-order valence-electron chi connectivity index (χ3n) is 2.45. The van der Waals surface area contributed by atoms with Crippen LogP contribution >= 0.6 is 11.6 Å². The number of carbonyl (C=O) groups excluding carboxylic acids is 1. The van der Waals surface area contributed by atoms with Gasteiger partial charge in [0.25, 0.3) is 0 Å². The number of nitrogens with one attached hydrogen (secondary N) is 2. The summed E-state index contributed by atoms with van der Waals surface area (Å²) in [6.07, 6.45) is 0.310. The van der Waals surface area contributed by atoms with Crippen molar-refractivity contribution in [2.45, 2.75) is 26.3 Å². The molecular weight excluding hydrogens is 256 g/mol. The van der Waals surface area contributed by atoms with E-state index in [4.69, 9.17) is 16.7 Å². The van der Waals surface area contributed by atoms with Gasteiger partial charge in [0.05, 0.1) is 10.7 Å². The van der Waals surface area contributed by atoms with Crippen LogP contribution in [0.15, 0.2) is 18.2 Å². The highest BCUT2D eigenvalue weighted by Crippen LogP contribution is 2.24. The molecule has 18 heavy (non-hydrogen) atoms. The Morgan fingerprint density at radius 2 is 2.11 bits per heavy atom. The van der Waals surface area contributed by atoms with E-state index in [2.05, 4.69) is 10.6 Å². The van der Waals surface area contributed by atoms with Gasteiger partial charge in [-0.15, -0.1) is 0 Å². The highest BCUT2D eigenvalue weighted by atomic mass is 35.5. The van der Waals surface area contributed by atoms with Crippen molar-refractivity contribution in [1.29, 1.82) is 0 Å². The highest BCUT2D eigenvalue weighted by molar-refractivity contribution is 6.34. The zero-order valence-electron chi connectivity index (χ0n) is 10.2. The number of hydrogen-bond donors (Lipinski definition) is 3. The zero-order chi connectivity index (χ0) is 13.7. The number of benzene rings is 1. The second-order valence-corrected chi connectivity index (χ2v) is 4.21. The molecule has 2 amide bonds. The number of amides is 2. The van der Waals surface area contributed by atoms with Crippen molar-refractivity contribution in [3.05, 3.63) is 28.8 Å². The van der Waals surface area contributed by atoms with E-state index in [9.17, 15) is 9.59 Å². The van der Waals surface area contributed by atoms with Crippen LogP contribution in [-0.2, 0) is 4.79 Å². The molecule has 0 aliphatic heterocycles. The average molecular weight is 271 g/mol. The van der Waals surface area contributed by atoms with E-state index in [0.717, 1.165) is 5.56 Å². The zero-order valence-corrected chi connectivity index (χ0v) is 10.9. The van der Waals surface area contributed by atoms with Gasteiger partial charge in [-0.2, -0.15) is 0 Å². The number of aliphatic carboxylic acids is 1. The van der Waals surface area contributed by atoms with Crippen molar-refractivity contribution in [3.8, 4) is 0 Å². The molecule has 0 aliphatic carbocycles. The molecule has 0 aromatic heterocycles. The van der Waals surface area contributed by atoms with Crippen LogP contribution in [0.3, 0.4) is 0 Å². The summed E-state index contributed by atoms with van der Waals surface area (Å²) in [5.74, 6) is -1.07. The normalized spacial score (nSPS) is 11.7. The van der Waals surface area contributed by atoms with Gasteiger partial charge in [-0.3, -0.25) is 0 Å². The number of carboxylic acids is 1. The molecule has 98 valence electrons. The van der Waals surface area contributed by atoms with Gasteiger partial charge in [0.15, 0.2) is 0 Å². The van der Waals surface area contributed by atoms with Gasteiger partial charge in [-0.05, 0) is 25.0 Å². The molecule has 1 rings (SSSR count). The SMILES string of the molecule is CCC(NC(=O)Nc1cccc(C)c1Cl)C(=O)O. The highest BCUT2D eigenvalue weighted by Gasteiger charge is 2.17. The molecule has 0 bridgehead atoms. The first-order chi connectivity index (χ1) is 8.45. The largest absolute Gasteiger partial charge is 0.480 e. The van der Waals surface area contributed by atoms with Crippen LogP contribution in [0.25, 0.3) is 0 Å². The summed E-state index contributed by atoms with van der Waals surface area (Å²) in [5, 5.41) is 14.1. The smallest absolute Gasteiger partial charge is 0.326 e. The summed E-state index contributed by atoms with van der Waals surface area (Å²) in [6, 6.07) is 3.73. The summed E-state index contributed by atoms with van der Waals surface area (Å²) < 4.78 is 0. The van der Waals surface area contributed by atoms with Gasteiger partial charge in [-0.25, -0.2) is 9.59 Å². The van der Waals surface area contributed by atoms with E-state index in [1.165, 1.54) is 0 Å². The van der Waals surface area contributed by atoms with E-state index in [-0.39, 0.29) is 0 Å². The van der Waals surface area contributed by atoms with Gasteiger partial charge >= 0.3 is 12.0 Å². The molecule has 1 aromatic rings. The number of hydrogen-bond acceptors (Lipinski definition) is 2. The molecule has 0 saturated carbocycles. The number of carboxylic acid groups (broad SMARTS) is 1. The standard InChI is InChI=1S/C12H15ClN2O3/c1-3-8(11(16)17)14-12(18)15-9-6-4-5-7(2)10(9)13/h4-6,8H,3H2,1-2H3,(H,16,17)(H2,14,15,18). The summed E-state index contributed by atoms with van der Waals surface area (Å²) in [6.45, 7) is 3.50. The number of carbonyl (C=O) groups is 2. The first kappa shape index (κ1) is 14.3. The van der Waals surface area contributed by atoms with Crippen LogP contribution in [0.5, 0.6) is 0 Å². The number of anilines is 1. The lowest BCUT2D eigenvalue weighted by molar-refractivity contribution is -0.139. The van der Waals surface area contributed by atoms with Crippen molar-refractivity contribution in [2.75, 3.05) is 5.32 Å². The molecule has 0 saturated heterocycles. The van der Waals surface area contributed by atoms with Crippen molar-refractivity contribution in [3.63, 3.8) is 0 Å². The molecule has 0 aliphatic rings. The fourth-order valence-electron chi connectivity index (χ4n) is 1.40. The maximum Gasteiger partial charge on any atom is 0.326 e. The van der Waals surface area contributed by atoms with E-state index in [0.29, 0.717) is 17.1 Å². The monoisotopic (exact) mass is 270 g/mol. The Labute approximate surface area is 110 Å². The average Bonchev–Trinajstić information content (AvgIpc) is 2.31. The van der Waals surface area contributed by atoms with Crippen LogP contribution in [0.1, 0.15) is 18.9 Å². The van der Waals surface area contributed by atoms with Gasteiger partial charge in [0, 0.05) is 0 Å². The van der Waals surface area contributed by atoms with Crippen molar-refractivity contribution in [2.24, 2.45) is 0 Å². The van der Waals surface area contributed by atoms with Crippen LogP contribution in [0.2, 0.25) is 5.02 Å². The molecule has 0 fully saturated rings. The number of halogens is 1. The topological polar surface area (TPSA) is 78.4 Å². The predicted octanol–water partition coefficient (Wildman–Crippen LogP) is 2.63. The minimum atomic E-state index is -1.07. The second-order valence-electron chi connectivity index (χ2n) is 3.83. The molecule has 1 aromatic carbocycles. The molecule has 0 radical (unpaired) electrons. The molecular formula is C12H15ClN2O3. The van der Waals surface area contributed by atoms with Crippen molar-refractivity contribution >= 4 is 29.3 Å². The Bertz CT molecular complexity index is 463. The fourth-order valence-corrected chi connectivity index (χ4v) is 1.57. The van der Waals surface area contributed by atoms with E-state index in [1.807, 2.05) is 13.0 Å². The molecule has 0 spiro atoms. The van der Waals surface area contributed by atoms with Crippen LogP contribution in [-0.4, -0.2) is 23.1 Å². The van der Waals surface area contributed by atoms with Crippen molar-refractivity contribution in [1.82, 2.24) is 5.32 Å². The van der Waals surface area contributed by atoms with Crippen LogP contribution < -0.4 is 10.6 Å². The predicted molar refractivity (Wildman–Crippen MR) is 70.1 cm³/mol. The lowest BCUT2D eigenvalue weighted by atomic mass is 10.2. The molecule has 6 heteroatoms. The third kappa shape index (κ3) is 3.63. The lowest BCUT2D eigenvalue weighted by Gasteiger charge is -2.14. The van der Waals surface area contributed by atoms with Gasteiger partial charge in [0.1, 0.15) is 6.04 Å². The number of rotatable bonds is 4. The minimum absolute atomic E-state index is 0.310. The third-order valence-corrected chi connectivity index (χ3v) is 2.95. The number of aryl methyl sites for hydroxylation is 1. The number of urea groups is 1. The minimum Gasteiger partial charge on any atom is -0.480 e. The van der Waals surface area contributed by atoms with Crippen LogP contribution in [0.4, 0.5) is 10.5 Å². The van der Waals surface area contributed by atoms with E-state index in [1.54, 1.807) is 19.1 Å². The lowest BCUT2D eigenvalue weighted by Crippen LogP contribution is -2.42. The van der Waals surface area contributed by atoms with Crippen molar-refractivity contribution < 1.29 is 14.7 Å². The molecule has 1 atom stereocenters.